The summed E-state index contributed by atoms with van der Waals surface area (Å²) in [6.07, 6.45) is 24.9. The molecule has 12 aromatic rings. The fraction of sp³-hybridized carbons (Fsp3) is 0.379. The molecule has 586 valence electrons. The Bertz CT molecular complexity index is 5970. The van der Waals surface area contributed by atoms with Gasteiger partial charge < -0.3 is 44.9 Å². The molecule has 19 rings (SSSR count). The van der Waals surface area contributed by atoms with E-state index in [0.29, 0.717) is 119 Å². The van der Waals surface area contributed by atoms with E-state index >= 15 is 0 Å². The number of fused-ring (bicyclic) bond motifs is 22. The molecule has 1 saturated carbocycles. The van der Waals surface area contributed by atoms with E-state index in [1.807, 2.05) is 107 Å². The van der Waals surface area contributed by atoms with Crippen molar-refractivity contribution in [3.05, 3.63) is 240 Å². The van der Waals surface area contributed by atoms with E-state index in [1.54, 1.807) is 46.7 Å². The first-order chi connectivity index (χ1) is 55.1. The minimum Gasteiger partial charge on any atom is -0.478 e. The third-order valence-corrected chi connectivity index (χ3v) is 22.6. The lowest BCUT2D eigenvalue weighted by atomic mass is 9.78. The van der Waals surface area contributed by atoms with Crippen LogP contribution in [0.2, 0.25) is 0 Å². The van der Waals surface area contributed by atoms with Crippen molar-refractivity contribution in [2.75, 3.05) is 76.5 Å². The number of hydrogen-bond acceptors (Lipinski definition) is 21. The summed E-state index contributed by atoms with van der Waals surface area (Å²) in [4.78, 5) is 89.9. The molecule has 1 fully saturated rings. The summed E-state index contributed by atoms with van der Waals surface area (Å²) < 4.78 is 28.5. The summed E-state index contributed by atoms with van der Waals surface area (Å²) >= 11 is 0. The number of hydrogen-bond donors (Lipinski definition) is 3. The second-order valence-electron chi connectivity index (χ2n) is 32.6. The Morgan fingerprint density at radius 1 is 0.421 bits per heavy atom. The third-order valence-electron chi connectivity index (χ3n) is 22.6. The van der Waals surface area contributed by atoms with Crippen LogP contribution in [0.25, 0.3) is 50.6 Å². The van der Waals surface area contributed by atoms with Crippen LogP contribution >= 0.6 is 0 Å². The number of likely N-dealkylation sites (N-methyl/N-ethyl adjacent to an activating group) is 3. The van der Waals surface area contributed by atoms with Crippen molar-refractivity contribution < 1.29 is 14.2 Å². The van der Waals surface area contributed by atoms with Gasteiger partial charge >= 0.3 is 0 Å². The quantitative estimate of drug-likeness (QED) is 0.131. The van der Waals surface area contributed by atoms with Gasteiger partial charge in [-0.2, -0.15) is 19.9 Å². The molecule has 1 spiro atoms. The fourth-order valence-corrected chi connectivity index (χ4v) is 16.7. The van der Waals surface area contributed by atoms with Crippen LogP contribution in [0.15, 0.2) is 179 Å². The van der Waals surface area contributed by atoms with Crippen molar-refractivity contribution in [1.82, 2.24) is 87.6 Å². The normalized spacial score (nSPS) is 18.2. The van der Waals surface area contributed by atoms with Crippen LogP contribution < -0.4 is 37.4 Å². The van der Waals surface area contributed by atoms with Gasteiger partial charge in [-0.25, -0.2) is 53.0 Å². The van der Waals surface area contributed by atoms with Gasteiger partial charge in [0.05, 0.1) is 44.2 Å². The van der Waals surface area contributed by atoms with Crippen LogP contribution in [-0.4, -0.2) is 148 Å². The molecule has 3 N–H and O–H groups in total. The summed E-state index contributed by atoms with van der Waals surface area (Å²) in [6.45, 7) is 21.7. The Hall–Kier alpha value is -11.6. The Kier molecular flexibility index (Phi) is 20.2. The molecule has 27 heteroatoms. The SMILES string of the molecule is CN1CCc2ccc(Nc3ncc4c(=O)n5n(c4n3)-c3cccc(n3)OCCCC=CC5)cc2C1.CN1Cc2cc(Nc3ncc4c(=O)n5n(c4n3)-c3cccc(n3)C(C)(C)OCCC=CC5)ccc2C2(CC2)C1.CN1Cc2cc(Nc3ncc4c(=O)n5n(c4n3)-c3cccc(n3)C(C)(C)OCCCC=CC5)ccc2C(C)(C)C1. The van der Waals surface area contributed by atoms with E-state index in [9.17, 15) is 14.4 Å². The number of allylic oxidation sites excluding steroid dienone is 5. The van der Waals surface area contributed by atoms with Crippen LogP contribution in [0.5, 0.6) is 5.88 Å². The highest BCUT2D eigenvalue weighted by molar-refractivity contribution is 5.79. The van der Waals surface area contributed by atoms with Crippen LogP contribution in [0, 0.1) is 0 Å². The smallest absolute Gasteiger partial charge is 0.278 e. The zero-order valence-electron chi connectivity index (χ0n) is 66.2. The Balaban J connectivity index is 0.000000124. The molecule has 6 aliphatic heterocycles. The van der Waals surface area contributed by atoms with E-state index in [1.165, 1.54) is 46.2 Å². The number of ether oxygens (including phenoxy) is 3. The van der Waals surface area contributed by atoms with Gasteiger partial charge in [0.15, 0.2) is 34.4 Å². The molecule has 0 saturated heterocycles. The number of nitrogens with zero attached hydrogens (tertiary/aromatic N) is 18. The molecule has 0 unspecified atom stereocenters. The van der Waals surface area contributed by atoms with E-state index < -0.39 is 11.2 Å². The molecular weight excluding hydrogens is 1440 g/mol. The van der Waals surface area contributed by atoms with Gasteiger partial charge in [0.1, 0.15) is 27.4 Å². The molecule has 114 heavy (non-hydrogen) atoms. The van der Waals surface area contributed by atoms with Crippen LogP contribution in [0.3, 0.4) is 0 Å². The Morgan fingerprint density at radius 3 is 1.40 bits per heavy atom. The predicted molar refractivity (Wildman–Crippen MR) is 443 cm³/mol. The van der Waals surface area contributed by atoms with Gasteiger partial charge in [-0.1, -0.05) is 86.7 Å². The summed E-state index contributed by atoms with van der Waals surface area (Å²) in [5.41, 5.74) is 12.9. The van der Waals surface area contributed by atoms with E-state index in [0.717, 1.165) is 106 Å². The molecule has 0 radical (unpaired) electrons. The van der Waals surface area contributed by atoms with Gasteiger partial charge in [-0.15, -0.1) is 0 Å². The third kappa shape index (κ3) is 15.2. The molecule has 1 aliphatic carbocycles. The maximum absolute atomic E-state index is 13.6. The van der Waals surface area contributed by atoms with Crippen molar-refractivity contribution in [3.63, 3.8) is 0 Å². The molecule has 9 aromatic heterocycles. The molecular formula is C87H97N21O6. The summed E-state index contributed by atoms with van der Waals surface area (Å²) in [5.74, 6) is 3.62. The first-order valence-electron chi connectivity index (χ1n) is 39.6. The highest BCUT2D eigenvalue weighted by Gasteiger charge is 2.48. The molecule has 7 aliphatic rings. The Labute approximate surface area is 660 Å². The van der Waals surface area contributed by atoms with Crippen molar-refractivity contribution in [2.45, 2.75) is 154 Å². The van der Waals surface area contributed by atoms with E-state index in [-0.39, 0.29) is 22.1 Å². The molecule has 6 bridgehead atoms. The zero-order chi connectivity index (χ0) is 78.6. The molecule has 15 heterocycles. The number of benzene rings is 3. The molecule has 27 nitrogen and oxygen atoms in total. The van der Waals surface area contributed by atoms with Crippen LogP contribution in [0.4, 0.5) is 34.9 Å². The van der Waals surface area contributed by atoms with Crippen molar-refractivity contribution >= 4 is 68.0 Å². The molecule has 0 atom stereocenters. The second kappa shape index (κ2) is 30.7. The zero-order valence-corrected chi connectivity index (χ0v) is 66.2. The lowest BCUT2D eigenvalue weighted by Gasteiger charge is -2.38. The lowest BCUT2D eigenvalue weighted by molar-refractivity contribution is -0.0255. The van der Waals surface area contributed by atoms with E-state index in [2.05, 4.69) is 152 Å². The van der Waals surface area contributed by atoms with Gasteiger partial charge in [0.25, 0.3) is 16.7 Å². The predicted octanol–water partition coefficient (Wildman–Crippen LogP) is 12.9. The topological polar surface area (TPSA) is 270 Å². The summed E-state index contributed by atoms with van der Waals surface area (Å²) in [7, 11) is 6.48. The lowest BCUT2D eigenvalue weighted by Crippen LogP contribution is -2.39. The number of rotatable bonds is 6. The molecule has 0 amide bonds. The first-order valence-corrected chi connectivity index (χ1v) is 39.6. The monoisotopic (exact) mass is 1530 g/mol. The van der Waals surface area contributed by atoms with Crippen molar-refractivity contribution in [1.29, 1.82) is 0 Å². The van der Waals surface area contributed by atoms with Crippen LogP contribution in [-0.2, 0) is 77.2 Å². The largest absolute Gasteiger partial charge is 0.478 e. The average molecular weight is 1530 g/mol. The highest BCUT2D eigenvalue weighted by Crippen LogP contribution is 2.52. The summed E-state index contributed by atoms with van der Waals surface area (Å²) in [5, 5.41) is 11.4. The maximum Gasteiger partial charge on any atom is 0.278 e. The number of nitrogens with one attached hydrogen (secondary N) is 3. The number of pyridine rings is 3. The second-order valence-corrected chi connectivity index (χ2v) is 32.6. The van der Waals surface area contributed by atoms with Gasteiger partial charge in [0.2, 0.25) is 23.7 Å². The van der Waals surface area contributed by atoms with E-state index in [4.69, 9.17) is 39.1 Å². The van der Waals surface area contributed by atoms with Gasteiger partial charge in [-0.3, -0.25) is 14.4 Å². The number of anilines is 6. The standard InChI is InChI=1S/C31H37N7O2.C30H33N7O2.C26H27N7O2/c1-30(2)20-36(5)19-21-17-22(13-14-24(21)30)33-29-32-18-23-27(35-29)38-26-12-10-11-25(34-26)31(3,4)40-16-9-7-6-8-15-37(38)28(23)39;1-29(2)24-8-7-9-25(33-24)37-26-22(27(38)36(37)14-5-4-6-15-39-29)17-31-28(34-26)32-21-10-11-23-20(16-21)18-35(3)19-30(23)12-13-30;1-31-13-11-18-9-10-20(15-19(18)17-31)28-26-27-16-21-24(30-26)33-22-7-6-8-23(29-22)35-14-5-3-2-4-12-32(33)25(21)34/h6,8,10-14,17-18H,7,9,15-16,19-20H2,1-5H3,(H,32,33,35);4-5,7-11,16-17H,6,12-15,18-19H2,1-3H3,(H,31,32,34);2,4,6-10,15-16H,3,5,11-14,17H2,1H3,(H,27,28,30). The van der Waals surface area contributed by atoms with Crippen molar-refractivity contribution in [3.8, 4) is 23.3 Å². The first kappa shape index (κ1) is 75.1. The highest BCUT2D eigenvalue weighted by atomic mass is 16.5. The number of aromatic nitrogens is 15. The van der Waals surface area contributed by atoms with Crippen LogP contribution in [0.1, 0.15) is 131 Å². The average Bonchev–Trinajstić information content (AvgIpc) is 1.57. The Morgan fingerprint density at radius 2 is 0.868 bits per heavy atom. The minimum absolute atomic E-state index is 0.0876. The van der Waals surface area contributed by atoms with Crippen molar-refractivity contribution in [2.24, 2.45) is 0 Å². The molecule has 3 aromatic carbocycles. The fourth-order valence-electron chi connectivity index (χ4n) is 16.7. The summed E-state index contributed by atoms with van der Waals surface area (Å²) in [6, 6.07) is 36.6. The maximum atomic E-state index is 13.6. The van der Waals surface area contributed by atoms with Gasteiger partial charge in [-0.05, 0) is 200 Å². The minimum atomic E-state index is -0.571. The van der Waals surface area contributed by atoms with Gasteiger partial charge in [0, 0.05) is 98.4 Å².